The number of hydrazine groups is 1. The van der Waals surface area contributed by atoms with Gasteiger partial charge in [-0.15, -0.1) is 5.10 Å². The van der Waals surface area contributed by atoms with Gasteiger partial charge in [0.1, 0.15) is 5.69 Å². The van der Waals surface area contributed by atoms with Crippen LogP contribution in [0.25, 0.3) is 0 Å². The number of carbonyl (C=O) groups excluding carboxylic acids is 2. The van der Waals surface area contributed by atoms with Crippen molar-refractivity contribution < 1.29 is 23.1 Å². The van der Waals surface area contributed by atoms with Crippen LogP contribution in [0.5, 0.6) is 0 Å². The van der Waals surface area contributed by atoms with E-state index < -0.39 is 23.3 Å². The number of hydrogen-bond donors (Lipinski definition) is 2. The van der Waals surface area contributed by atoms with Crippen LogP contribution in [0.15, 0.2) is 49.1 Å². The van der Waals surface area contributed by atoms with Crippen molar-refractivity contribution in [3.05, 3.63) is 66.3 Å². The first-order valence-corrected chi connectivity index (χ1v) is 12.2. The molecule has 3 aromatic rings. The van der Waals surface area contributed by atoms with Crippen LogP contribution < -0.4 is 20.7 Å². The first kappa shape index (κ1) is 24.0. The molecular formula is C24H25F2N9O3. The smallest absolute Gasteiger partial charge is 0.415 e. The van der Waals surface area contributed by atoms with Crippen molar-refractivity contribution in [2.75, 3.05) is 42.6 Å². The van der Waals surface area contributed by atoms with Gasteiger partial charge in [-0.2, -0.15) is 0 Å². The fraction of sp³-hybridized carbons (Fsp3) is 0.375. The van der Waals surface area contributed by atoms with Gasteiger partial charge in [-0.25, -0.2) is 28.5 Å². The summed E-state index contributed by atoms with van der Waals surface area (Å²) in [5, 5.41) is 11.9. The van der Waals surface area contributed by atoms with Crippen LogP contribution in [0, 0.1) is 11.6 Å². The highest BCUT2D eigenvalue weighted by atomic mass is 19.1. The van der Waals surface area contributed by atoms with Gasteiger partial charge in [-0.1, -0.05) is 11.3 Å². The van der Waals surface area contributed by atoms with Crippen LogP contribution in [-0.2, 0) is 11.3 Å². The Morgan fingerprint density at radius 2 is 2.05 bits per heavy atom. The fourth-order valence-electron chi connectivity index (χ4n) is 4.94. The Morgan fingerprint density at radius 1 is 1.21 bits per heavy atom. The number of rotatable bonds is 5. The number of halogens is 2. The van der Waals surface area contributed by atoms with Crippen molar-refractivity contribution in [1.82, 2.24) is 35.6 Å². The van der Waals surface area contributed by atoms with Crippen molar-refractivity contribution >= 4 is 23.5 Å². The topological polar surface area (TPSA) is 121 Å². The van der Waals surface area contributed by atoms with Crippen LogP contribution in [0.1, 0.15) is 18.0 Å². The third kappa shape index (κ3) is 4.47. The SMILES string of the molecule is O=C(NCc1cccnc1)N1CCNN(c2c(F)cc(N3C[C@]4(C[C@@H]4n4ccnn4)OC3=O)cc2F)CC1. The molecule has 14 heteroatoms. The van der Waals surface area contributed by atoms with E-state index in [2.05, 4.69) is 26.0 Å². The summed E-state index contributed by atoms with van der Waals surface area (Å²) in [6.07, 6.45) is 6.43. The van der Waals surface area contributed by atoms with E-state index in [9.17, 15) is 9.59 Å². The second-order valence-corrected chi connectivity index (χ2v) is 9.45. The molecule has 2 aliphatic heterocycles. The number of nitrogens with zero attached hydrogens (tertiary/aromatic N) is 7. The molecule has 1 spiro atoms. The minimum absolute atomic E-state index is 0.0705. The number of amides is 3. The molecule has 2 atom stereocenters. The molecule has 4 heterocycles. The molecule has 2 saturated heterocycles. The molecule has 0 bridgehead atoms. The molecule has 1 aliphatic carbocycles. The van der Waals surface area contributed by atoms with Gasteiger partial charge in [0, 0.05) is 63.3 Å². The van der Waals surface area contributed by atoms with Gasteiger partial charge in [-0.05, 0) is 11.6 Å². The second kappa shape index (κ2) is 9.52. The normalized spacial score (nSPS) is 22.9. The maximum absolute atomic E-state index is 15.3. The van der Waals surface area contributed by atoms with E-state index in [1.54, 1.807) is 34.2 Å². The molecule has 198 valence electrons. The summed E-state index contributed by atoms with van der Waals surface area (Å²) in [6.45, 7) is 1.53. The van der Waals surface area contributed by atoms with Gasteiger partial charge < -0.3 is 20.0 Å². The highest BCUT2D eigenvalue weighted by molar-refractivity contribution is 5.91. The fourth-order valence-corrected chi connectivity index (χ4v) is 4.94. The van der Waals surface area contributed by atoms with Gasteiger partial charge in [0.2, 0.25) is 0 Å². The summed E-state index contributed by atoms with van der Waals surface area (Å²) in [6, 6.07) is 5.44. The zero-order valence-corrected chi connectivity index (χ0v) is 20.3. The maximum atomic E-state index is 15.3. The number of nitrogens with one attached hydrogen (secondary N) is 2. The molecular weight excluding hydrogens is 500 g/mol. The van der Waals surface area contributed by atoms with E-state index in [1.807, 2.05) is 6.07 Å². The number of carbonyl (C=O) groups is 2. The van der Waals surface area contributed by atoms with Gasteiger partial charge in [-0.3, -0.25) is 9.88 Å². The zero-order valence-electron chi connectivity index (χ0n) is 20.3. The van der Waals surface area contributed by atoms with E-state index in [-0.39, 0.29) is 43.1 Å². The Balaban J connectivity index is 1.11. The molecule has 6 rings (SSSR count). The Hall–Kier alpha value is -4.33. The van der Waals surface area contributed by atoms with Crippen molar-refractivity contribution in [2.24, 2.45) is 0 Å². The molecule has 2 N–H and O–H groups in total. The summed E-state index contributed by atoms with van der Waals surface area (Å²) in [5.41, 5.74) is 2.85. The summed E-state index contributed by atoms with van der Waals surface area (Å²) >= 11 is 0. The summed E-state index contributed by atoms with van der Waals surface area (Å²) in [7, 11) is 0. The van der Waals surface area contributed by atoms with E-state index in [0.29, 0.717) is 26.1 Å². The Labute approximate surface area is 216 Å². The van der Waals surface area contributed by atoms with Crippen molar-refractivity contribution in [3.8, 4) is 0 Å². The lowest BCUT2D eigenvalue weighted by molar-refractivity contribution is 0.118. The lowest BCUT2D eigenvalue weighted by Crippen LogP contribution is -2.42. The number of pyridine rings is 1. The first-order chi connectivity index (χ1) is 18.4. The first-order valence-electron chi connectivity index (χ1n) is 12.2. The molecule has 2 aromatic heterocycles. The molecule has 0 unspecified atom stereocenters. The molecule has 3 amide bonds. The third-order valence-electron chi connectivity index (χ3n) is 7.00. The number of anilines is 2. The minimum Gasteiger partial charge on any atom is -0.438 e. The molecule has 12 nitrogen and oxygen atoms in total. The Kier molecular flexibility index (Phi) is 6.02. The van der Waals surface area contributed by atoms with Crippen LogP contribution in [0.2, 0.25) is 0 Å². The number of aromatic nitrogens is 4. The summed E-state index contributed by atoms with van der Waals surface area (Å²) in [4.78, 5) is 32.0. The minimum atomic E-state index is -0.834. The van der Waals surface area contributed by atoms with Crippen LogP contribution in [0.4, 0.5) is 29.7 Å². The molecule has 0 radical (unpaired) electrons. The molecule has 1 saturated carbocycles. The average molecular weight is 526 g/mol. The monoisotopic (exact) mass is 525 g/mol. The van der Waals surface area contributed by atoms with E-state index in [1.165, 1.54) is 16.1 Å². The Morgan fingerprint density at radius 3 is 2.79 bits per heavy atom. The number of hydrogen-bond acceptors (Lipinski definition) is 8. The van der Waals surface area contributed by atoms with Crippen molar-refractivity contribution in [3.63, 3.8) is 0 Å². The molecule has 3 fully saturated rings. The van der Waals surface area contributed by atoms with Gasteiger partial charge in [0.25, 0.3) is 0 Å². The number of urea groups is 1. The summed E-state index contributed by atoms with van der Waals surface area (Å²) in [5.74, 6) is -1.67. The number of ether oxygens (including phenoxy) is 1. The highest BCUT2D eigenvalue weighted by Gasteiger charge is 2.65. The lowest BCUT2D eigenvalue weighted by Gasteiger charge is -2.25. The number of benzene rings is 1. The largest absolute Gasteiger partial charge is 0.438 e. The third-order valence-corrected chi connectivity index (χ3v) is 7.00. The molecule has 3 aliphatic rings. The molecule has 1 aromatic carbocycles. The predicted octanol–water partition coefficient (Wildman–Crippen LogP) is 1.83. The van der Waals surface area contributed by atoms with Gasteiger partial charge in [0.05, 0.1) is 31.0 Å². The highest BCUT2D eigenvalue weighted by Crippen LogP contribution is 2.54. The Bertz CT molecular complexity index is 1320. The second-order valence-electron chi connectivity index (χ2n) is 9.45. The van der Waals surface area contributed by atoms with Gasteiger partial charge >= 0.3 is 12.1 Å². The van der Waals surface area contributed by atoms with Crippen LogP contribution >= 0.6 is 0 Å². The maximum Gasteiger partial charge on any atom is 0.415 e. The van der Waals surface area contributed by atoms with E-state index >= 15 is 8.78 Å². The quantitative estimate of drug-likeness (QED) is 0.518. The van der Waals surface area contributed by atoms with Crippen LogP contribution in [-0.4, -0.2) is 75.3 Å². The van der Waals surface area contributed by atoms with Crippen molar-refractivity contribution in [2.45, 2.75) is 24.6 Å². The molecule has 38 heavy (non-hydrogen) atoms. The average Bonchev–Trinajstić information content (AvgIpc) is 3.24. The van der Waals surface area contributed by atoms with Crippen molar-refractivity contribution in [1.29, 1.82) is 0 Å². The van der Waals surface area contributed by atoms with E-state index in [0.717, 1.165) is 17.7 Å². The zero-order chi connectivity index (χ0) is 26.3. The summed E-state index contributed by atoms with van der Waals surface area (Å²) < 4.78 is 37.7. The van der Waals surface area contributed by atoms with Crippen LogP contribution in [0.3, 0.4) is 0 Å². The van der Waals surface area contributed by atoms with E-state index in [4.69, 9.17) is 4.74 Å². The predicted molar refractivity (Wildman–Crippen MR) is 130 cm³/mol. The lowest BCUT2D eigenvalue weighted by atomic mass is 10.2. The standard InChI is InChI=1S/C24H25F2N9O3/c25-18-10-17(33-15-24(38-23(33)37)12-20(24)34-7-4-29-31-34)11-19(26)21(18)35-9-8-32(6-5-30-35)22(36)28-14-16-2-1-3-27-13-16/h1-4,7,10-11,13,20,30H,5-6,8-9,12,14-15H2,(H,28,36)/t20-,24-/m0/s1. The van der Waals surface area contributed by atoms with Gasteiger partial charge in [0.15, 0.2) is 17.2 Å².